The fourth-order valence-corrected chi connectivity index (χ4v) is 2.73. The van der Waals surface area contributed by atoms with Gasteiger partial charge in [0.1, 0.15) is 17.4 Å². The molecule has 118 valence electrons. The van der Waals surface area contributed by atoms with Gasteiger partial charge in [-0.05, 0) is 37.3 Å². The van der Waals surface area contributed by atoms with Crippen molar-refractivity contribution in [3.8, 4) is 5.75 Å². The van der Waals surface area contributed by atoms with Gasteiger partial charge in [0, 0.05) is 36.0 Å². The van der Waals surface area contributed by atoms with Crippen LogP contribution in [0.3, 0.4) is 0 Å². The summed E-state index contributed by atoms with van der Waals surface area (Å²) in [4.78, 5) is 14.1. The van der Waals surface area contributed by atoms with Crippen LogP contribution in [0.15, 0.2) is 48.0 Å². The molecule has 0 aromatic heterocycles. The summed E-state index contributed by atoms with van der Waals surface area (Å²) in [6.07, 6.45) is 1.51. The molecule has 0 saturated heterocycles. The first-order valence-corrected chi connectivity index (χ1v) is 7.17. The Hall–Kier alpha value is -2.69. The summed E-state index contributed by atoms with van der Waals surface area (Å²) in [5.41, 5.74) is 2.15. The molecule has 1 aliphatic heterocycles. The Morgan fingerprint density at radius 1 is 1.17 bits per heavy atom. The number of fused-ring (bicyclic) bond motifs is 1. The first-order valence-electron chi connectivity index (χ1n) is 7.17. The lowest BCUT2D eigenvalue weighted by Gasteiger charge is -2.25. The van der Waals surface area contributed by atoms with E-state index >= 15 is 0 Å². The van der Waals surface area contributed by atoms with E-state index in [2.05, 4.69) is 0 Å². The summed E-state index contributed by atoms with van der Waals surface area (Å²) in [7, 11) is 0. The largest absolute Gasteiger partial charge is 0.508 e. The van der Waals surface area contributed by atoms with Crippen molar-refractivity contribution in [3.05, 3.63) is 70.8 Å². The Morgan fingerprint density at radius 3 is 2.70 bits per heavy atom. The molecule has 0 amide bonds. The first-order chi connectivity index (χ1) is 10.9. The lowest BCUT2D eigenvalue weighted by Crippen LogP contribution is -2.25. The second-order valence-electron chi connectivity index (χ2n) is 5.65. The molecule has 1 N–H and O–H groups in total. The molecule has 0 saturated carbocycles. The van der Waals surface area contributed by atoms with Gasteiger partial charge in [-0.3, -0.25) is 4.79 Å². The molecule has 0 radical (unpaired) electrons. The average Bonchev–Trinajstić information content (AvgIpc) is 2.59. The van der Waals surface area contributed by atoms with Gasteiger partial charge >= 0.3 is 0 Å². The number of hydrogen-bond acceptors (Lipinski definition) is 3. The number of carbonyl (C=O) groups is 1. The van der Waals surface area contributed by atoms with Crippen molar-refractivity contribution >= 4 is 11.5 Å². The minimum Gasteiger partial charge on any atom is -0.508 e. The topological polar surface area (TPSA) is 40.5 Å². The molecule has 0 unspecified atom stereocenters. The molecular weight excluding hydrogens is 300 g/mol. The molecule has 1 heterocycles. The van der Waals surface area contributed by atoms with Crippen molar-refractivity contribution in [2.24, 2.45) is 0 Å². The van der Waals surface area contributed by atoms with E-state index in [4.69, 9.17) is 0 Å². The fraction of sp³-hybridized carbons (Fsp3) is 0.167. The van der Waals surface area contributed by atoms with E-state index in [1.54, 1.807) is 6.07 Å². The quantitative estimate of drug-likeness (QED) is 0.916. The van der Waals surface area contributed by atoms with Gasteiger partial charge in [0.2, 0.25) is 0 Å². The predicted octanol–water partition coefficient (Wildman–Crippen LogP) is 3.82. The van der Waals surface area contributed by atoms with Crippen LogP contribution in [0, 0.1) is 11.6 Å². The summed E-state index contributed by atoms with van der Waals surface area (Å²) >= 11 is 0. The van der Waals surface area contributed by atoms with Gasteiger partial charge < -0.3 is 10.0 Å². The normalized spacial score (nSPS) is 14.3. The number of benzene rings is 2. The Morgan fingerprint density at radius 2 is 1.96 bits per heavy atom. The van der Waals surface area contributed by atoms with Crippen LogP contribution >= 0.6 is 0 Å². The number of phenols is 1. The zero-order valence-electron chi connectivity index (χ0n) is 12.5. The number of rotatable bonds is 2. The average molecular weight is 315 g/mol. The second-order valence-corrected chi connectivity index (χ2v) is 5.65. The lowest BCUT2D eigenvalue weighted by atomic mass is 10.1. The minimum absolute atomic E-state index is 0.00188. The van der Waals surface area contributed by atoms with Crippen LogP contribution < -0.4 is 4.90 Å². The van der Waals surface area contributed by atoms with Crippen LogP contribution in [0.5, 0.6) is 5.75 Å². The van der Waals surface area contributed by atoms with Crippen molar-refractivity contribution in [3.63, 3.8) is 0 Å². The Balaban J connectivity index is 2.03. The summed E-state index contributed by atoms with van der Waals surface area (Å²) < 4.78 is 27.0. The third kappa shape index (κ3) is 3.08. The van der Waals surface area contributed by atoms with E-state index in [-0.39, 0.29) is 18.1 Å². The summed E-state index contributed by atoms with van der Waals surface area (Å²) in [5, 5.41) is 9.62. The number of carbonyl (C=O) groups excluding carboxylic acids is 1. The molecule has 1 aliphatic rings. The lowest BCUT2D eigenvalue weighted by molar-refractivity contribution is 0.104. The number of allylic oxidation sites excluding steroid dienone is 1. The molecule has 0 aliphatic carbocycles. The van der Waals surface area contributed by atoms with Gasteiger partial charge in [-0.25, -0.2) is 8.78 Å². The molecule has 2 aromatic rings. The SMILES string of the molecule is CC1=CC(=O)c2cc(O)ccc2N(Cc2ccc(F)cc2F)C1. The van der Waals surface area contributed by atoms with Crippen molar-refractivity contribution < 1.29 is 18.7 Å². The highest BCUT2D eigenvalue weighted by molar-refractivity contribution is 6.10. The van der Waals surface area contributed by atoms with E-state index in [0.29, 0.717) is 23.4 Å². The molecule has 3 rings (SSSR count). The maximum atomic E-state index is 13.9. The highest BCUT2D eigenvalue weighted by Crippen LogP contribution is 2.30. The number of aromatic hydroxyl groups is 1. The van der Waals surface area contributed by atoms with Crippen LogP contribution in [-0.2, 0) is 6.54 Å². The maximum absolute atomic E-state index is 13.9. The van der Waals surface area contributed by atoms with Gasteiger partial charge in [-0.2, -0.15) is 0 Å². The van der Waals surface area contributed by atoms with Gasteiger partial charge in [0.25, 0.3) is 0 Å². The van der Waals surface area contributed by atoms with E-state index in [1.165, 1.54) is 30.3 Å². The van der Waals surface area contributed by atoms with E-state index in [9.17, 15) is 18.7 Å². The van der Waals surface area contributed by atoms with Crippen molar-refractivity contribution in [1.82, 2.24) is 0 Å². The van der Waals surface area contributed by atoms with Crippen molar-refractivity contribution in [2.75, 3.05) is 11.4 Å². The highest BCUT2D eigenvalue weighted by Gasteiger charge is 2.21. The van der Waals surface area contributed by atoms with Gasteiger partial charge in [-0.1, -0.05) is 11.6 Å². The van der Waals surface area contributed by atoms with E-state index in [0.717, 1.165) is 11.6 Å². The molecule has 3 nitrogen and oxygen atoms in total. The molecule has 0 bridgehead atoms. The maximum Gasteiger partial charge on any atom is 0.188 e. The second kappa shape index (κ2) is 5.83. The number of anilines is 1. The third-order valence-corrected chi connectivity index (χ3v) is 3.78. The summed E-state index contributed by atoms with van der Waals surface area (Å²) in [5.74, 6) is -1.45. The van der Waals surface area contributed by atoms with Crippen LogP contribution in [-0.4, -0.2) is 17.4 Å². The molecule has 2 aromatic carbocycles. The minimum atomic E-state index is -0.626. The first kappa shape index (κ1) is 15.2. The molecule has 0 atom stereocenters. The van der Waals surface area contributed by atoms with E-state index < -0.39 is 11.6 Å². The number of phenolic OH excluding ortho intramolecular Hbond substituents is 1. The fourth-order valence-electron chi connectivity index (χ4n) is 2.73. The Labute approximate surface area is 132 Å². The monoisotopic (exact) mass is 315 g/mol. The summed E-state index contributed by atoms with van der Waals surface area (Å²) in [6, 6.07) is 7.98. The molecule has 0 fully saturated rings. The number of ketones is 1. The number of hydrogen-bond donors (Lipinski definition) is 1. The highest BCUT2D eigenvalue weighted by atomic mass is 19.1. The Bertz CT molecular complexity index is 815. The smallest absolute Gasteiger partial charge is 0.188 e. The Kier molecular flexibility index (Phi) is 3.86. The summed E-state index contributed by atoms with van der Waals surface area (Å²) in [6.45, 7) is 2.46. The van der Waals surface area contributed by atoms with Crippen LogP contribution in [0.2, 0.25) is 0 Å². The molecule has 5 heteroatoms. The predicted molar refractivity (Wildman–Crippen MR) is 83.6 cm³/mol. The third-order valence-electron chi connectivity index (χ3n) is 3.78. The zero-order chi connectivity index (χ0) is 16.6. The van der Waals surface area contributed by atoms with Crippen LogP contribution in [0.1, 0.15) is 22.8 Å². The molecular formula is C18H15F2NO2. The molecule has 23 heavy (non-hydrogen) atoms. The standard InChI is InChI=1S/C18H15F2NO2/c1-11-6-18(23)15-8-14(22)4-5-17(15)21(9-11)10-12-2-3-13(19)7-16(12)20/h2-8,22H,9-10H2,1H3. The van der Waals surface area contributed by atoms with Gasteiger partial charge in [0.05, 0.1) is 0 Å². The zero-order valence-corrected chi connectivity index (χ0v) is 12.5. The van der Waals surface area contributed by atoms with E-state index in [1.807, 2.05) is 11.8 Å². The van der Waals surface area contributed by atoms with Crippen LogP contribution in [0.25, 0.3) is 0 Å². The number of halogens is 2. The van der Waals surface area contributed by atoms with Gasteiger partial charge in [0.15, 0.2) is 5.78 Å². The van der Waals surface area contributed by atoms with Crippen molar-refractivity contribution in [2.45, 2.75) is 13.5 Å². The molecule has 0 spiro atoms. The van der Waals surface area contributed by atoms with Crippen LogP contribution in [0.4, 0.5) is 14.5 Å². The van der Waals surface area contributed by atoms with Crippen molar-refractivity contribution in [1.29, 1.82) is 0 Å². The number of nitrogens with zero attached hydrogens (tertiary/aromatic N) is 1. The van der Waals surface area contributed by atoms with Gasteiger partial charge in [-0.15, -0.1) is 0 Å².